The largest absolute Gasteiger partial charge is 0.349 e. The van der Waals surface area contributed by atoms with Gasteiger partial charge in [0.25, 0.3) is 5.91 Å². The molecule has 1 aromatic carbocycles. The summed E-state index contributed by atoms with van der Waals surface area (Å²) < 4.78 is 1.63. The molecular formula is C18H18N6O. The van der Waals surface area contributed by atoms with E-state index in [2.05, 4.69) is 31.9 Å². The number of nitrogens with zero attached hydrogens (tertiary/aromatic N) is 5. The Kier molecular flexibility index (Phi) is 3.97. The van der Waals surface area contributed by atoms with Gasteiger partial charge in [0.15, 0.2) is 5.82 Å². The number of tetrazole rings is 1. The third-order valence-corrected chi connectivity index (χ3v) is 4.52. The first kappa shape index (κ1) is 15.4. The third-order valence-electron chi connectivity index (χ3n) is 4.52. The van der Waals surface area contributed by atoms with Gasteiger partial charge < -0.3 is 5.32 Å². The maximum atomic E-state index is 12.5. The number of hydrogen-bond acceptors (Lipinski definition) is 5. The standard InChI is InChI=1S/C18H18N6O/c1-12-21-22-23-24(12)16-7-4-13(5-8-16)18(25)20-15-6-9-17-14(11-15)3-2-10-19-17/h2-5,7-8,10,15H,6,9,11H2,1H3,(H,20,25). The molecule has 0 bridgehead atoms. The van der Waals surface area contributed by atoms with Gasteiger partial charge in [0, 0.05) is 23.5 Å². The van der Waals surface area contributed by atoms with Gasteiger partial charge in [0.2, 0.25) is 0 Å². The smallest absolute Gasteiger partial charge is 0.251 e. The minimum absolute atomic E-state index is 0.0580. The van der Waals surface area contributed by atoms with Crippen LogP contribution in [-0.4, -0.2) is 37.1 Å². The van der Waals surface area contributed by atoms with Crippen molar-refractivity contribution in [2.24, 2.45) is 0 Å². The second-order valence-electron chi connectivity index (χ2n) is 6.21. The number of fused-ring (bicyclic) bond motifs is 1. The Labute approximate surface area is 145 Å². The first-order valence-corrected chi connectivity index (χ1v) is 8.30. The normalized spacial score (nSPS) is 16.3. The van der Waals surface area contributed by atoms with Crippen molar-refractivity contribution < 1.29 is 4.79 Å². The summed E-state index contributed by atoms with van der Waals surface area (Å²) in [7, 11) is 0. The highest BCUT2D eigenvalue weighted by molar-refractivity contribution is 5.94. The van der Waals surface area contributed by atoms with Crippen LogP contribution in [0.3, 0.4) is 0 Å². The second kappa shape index (κ2) is 6.43. The Balaban J connectivity index is 1.44. The van der Waals surface area contributed by atoms with Crippen molar-refractivity contribution in [2.45, 2.75) is 32.2 Å². The highest BCUT2D eigenvalue weighted by atomic mass is 16.1. The van der Waals surface area contributed by atoms with E-state index in [1.807, 2.05) is 31.3 Å². The molecule has 7 heteroatoms. The summed E-state index contributed by atoms with van der Waals surface area (Å²) in [6.45, 7) is 1.83. The quantitative estimate of drug-likeness (QED) is 0.787. The molecule has 0 saturated heterocycles. The van der Waals surface area contributed by atoms with Crippen LogP contribution in [0, 0.1) is 6.92 Å². The molecule has 7 nitrogen and oxygen atoms in total. The van der Waals surface area contributed by atoms with Crippen molar-refractivity contribution in [1.82, 2.24) is 30.5 Å². The lowest BCUT2D eigenvalue weighted by Crippen LogP contribution is -2.39. The fraction of sp³-hybridized carbons (Fsp3) is 0.278. The maximum Gasteiger partial charge on any atom is 0.251 e. The number of aryl methyl sites for hydroxylation is 2. The van der Waals surface area contributed by atoms with E-state index in [1.54, 1.807) is 16.8 Å². The van der Waals surface area contributed by atoms with Crippen LogP contribution in [0.15, 0.2) is 42.6 Å². The van der Waals surface area contributed by atoms with E-state index in [1.165, 1.54) is 5.56 Å². The van der Waals surface area contributed by atoms with Crippen molar-refractivity contribution >= 4 is 5.91 Å². The molecule has 4 rings (SSSR count). The molecule has 0 radical (unpaired) electrons. The van der Waals surface area contributed by atoms with Crippen LogP contribution in [0.4, 0.5) is 0 Å². The molecule has 1 amide bonds. The number of amides is 1. The number of rotatable bonds is 3. The number of pyridine rings is 1. The van der Waals surface area contributed by atoms with Crippen LogP contribution >= 0.6 is 0 Å². The van der Waals surface area contributed by atoms with Crippen LogP contribution < -0.4 is 5.32 Å². The SMILES string of the molecule is Cc1nnnn1-c1ccc(C(=O)NC2CCc3ncccc3C2)cc1. The van der Waals surface area contributed by atoms with Gasteiger partial charge in [-0.2, -0.15) is 4.68 Å². The van der Waals surface area contributed by atoms with Crippen LogP contribution in [0.25, 0.3) is 5.69 Å². The van der Waals surface area contributed by atoms with Crippen molar-refractivity contribution in [3.8, 4) is 5.69 Å². The van der Waals surface area contributed by atoms with Gasteiger partial charge >= 0.3 is 0 Å². The topological polar surface area (TPSA) is 85.6 Å². The number of nitrogens with one attached hydrogen (secondary N) is 1. The van der Waals surface area contributed by atoms with Crippen LogP contribution in [-0.2, 0) is 12.8 Å². The first-order chi connectivity index (χ1) is 12.2. The fourth-order valence-electron chi connectivity index (χ4n) is 3.18. The Morgan fingerprint density at radius 3 is 2.84 bits per heavy atom. The van der Waals surface area contributed by atoms with Crippen LogP contribution in [0.5, 0.6) is 0 Å². The zero-order valence-electron chi connectivity index (χ0n) is 13.9. The molecule has 2 aromatic heterocycles. The van der Waals surface area contributed by atoms with Gasteiger partial charge in [-0.05, 0) is 72.5 Å². The van der Waals surface area contributed by atoms with E-state index in [-0.39, 0.29) is 11.9 Å². The number of benzene rings is 1. The summed E-state index contributed by atoms with van der Waals surface area (Å²) in [4.78, 5) is 16.9. The van der Waals surface area contributed by atoms with Gasteiger partial charge in [-0.3, -0.25) is 9.78 Å². The third kappa shape index (κ3) is 3.13. The monoisotopic (exact) mass is 334 g/mol. The minimum atomic E-state index is -0.0580. The van der Waals surface area contributed by atoms with Crippen molar-refractivity contribution in [2.75, 3.05) is 0 Å². The van der Waals surface area contributed by atoms with Crippen molar-refractivity contribution in [3.05, 3.63) is 65.2 Å². The average molecular weight is 334 g/mol. The van der Waals surface area contributed by atoms with Gasteiger partial charge in [0.1, 0.15) is 0 Å². The highest BCUT2D eigenvalue weighted by Crippen LogP contribution is 2.19. The second-order valence-corrected chi connectivity index (χ2v) is 6.21. The molecular weight excluding hydrogens is 316 g/mol. The molecule has 3 aromatic rings. The van der Waals surface area contributed by atoms with Crippen molar-refractivity contribution in [3.63, 3.8) is 0 Å². The van der Waals surface area contributed by atoms with E-state index < -0.39 is 0 Å². The molecule has 126 valence electrons. The van der Waals surface area contributed by atoms with E-state index in [0.717, 1.165) is 30.6 Å². The van der Waals surface area contributed by atoms with E-state index in [4.69, 9.17) is 0 Å². The minimum Gasteiger partial charge on any atom is -0.349 e. The lowest BCUT2D eigenvalue weighted by Gasteiger charge is -2.24. The predicted octanol–water partition coefficient (Wildman–Crippen LogP) is 1.65. The van der Waals surface area contributed by atoms with Gasteiger partial charge in [-0.1, -0.05) is 6.07 Å². The lowest BCUT2D eigenvalue weighted by atomic mass is 9.92. The summed E-state index contributed by atoms with van der Waals surface area (Å²) in [6, 6.07) is 11.5. The van der Waals surface area contributed by atoms with E-state index in [0.29, 0.717) is 11.4 Å². The molecule has 0 saturated carbocycles. The van der Waals surface area contributed by atoms with Crippen molar-refractivity contribution in [1.29, 1.82) is 0 Å². The lowest BCUT2D eigenvalue weighted by molar-refractivity contribution is 0.0933. The van der Waals surface area contributed by atoms with Gasteiger partial charge in [0.05, 0.1) is 5.69 Å². The molecule has 1 atom stereocenters. The van der Waals surface area contributed by atoms with E-state index >= 15 is 0 Å². The molecule has 25 heavy (non-hydrogen) atoms. The fourth-order valence-corrected chi connectivity index (χ4v) is 3.18. The summed E-state index contributed by atoms with van der Waals surface area (Å²) in [6.07, 6.45) is 4.47. The molecule has 2 heterocycles. The first-order valence-electron chi connectivity index (χ1n) is 8.30. The molecule has 0 spiro atoms. The molecule has 0 aliphatic heterocycles. The Morgan fingerprint density at radius 2 is 2.08 bits per heavy atom. The average Bonchev–Trinajstić information content (AvgIpc) is 3.08. The summed E-state index contributed by atoms with van der Waals surface area (Å²) >= 11 is 0. The number of carbonyl (C=O) groups excluding carboxylic acids is 1. The van der Waals surface area contributed by atoms with Crippen LogP contribution in [0.1, 0.15) is 33.9 Å². The number of hydrogen-bond donors (Lipinski definition) is 1. The zero-order valence-corrected chi connectivity index (χ0v) is 13.9. The summed E-state index contributed by atoms with van der Waals surface area (Å²) in [5.74, 6) is 0.643. The predicted molar refractivity (Wildman–Crippen MR) is 91.4 cm³/mol. The van der Waals surface area contributed by atoms with Gasteiger partial charge in [-0.15, -0.1) is 5.10 Å². The summed E-state index contributed by atoms with van der Waals surface area (Å²) in [5.41, 5.74) is 3.83. The molecule has 1 unspecified atom stereocenters. The van der Waals surface area contributed by atoms with E-state index in [9.17, 15) is 4.79 Å². The van der Waals surface area contributed by atoms with Gasteiger partial charge in [-0.25, -0.2) is 0 Å². The Morgan fingerprint density at radius 1 is 1.24 bits per heavy atom. The van der Waals surface area contributed by atoms with Crippen LogP contribution in [0.2, 0.25) is 0 Å². The molecule has 1 aliphatic rings. The molecule has 1 N–H and O–H groups in total. The Hall–Kier alpha value is -3.09. The number of aromatic nitrogens is 5. The maximum absolute atomic E-state index is 12.5. The highest BCUT2D eigenvalue weighted by Gasteiger charge is 2.21. The molecule has 1 aliphatic carbocycles. The molecule has 0 fully saturated rings. The zero-order chi connectivity index (χ0) is 17.2. The summed E-state index contributed by atoms with van der Waals surface area (Å²) in [5, 5.41) is 14.5. The number of carbonyl (C=O) groups is 1. The Bertz CT molecular complexity index is 902.